The quantitative estimate of drug-likeness (QED) is 0.0768. The minimum Gasteiger partial charge on any atom is -0.396 e. The van der Waals surface area contributed by atoms with Crippen molar-refractivity contribution in [2.45, 2.75) is 73.1 Å². The van der Waals surface area contributed by atoms with Gasteiger partial charge in [0.15, 0.2) is 0 Å². The largest absolute Gasteiger partial charge is 0.396 e. The van der Waals surface area contributed by atoms with E-state index in [1.807, 2.05) is 13.0 Å². The number of allylic oxidation sites excluding steroid dienone is 10. The molecule has 0 aromatic heterocycles. The number of hydrogen-bond acceptors (Lipinski definition) is 6. The van der Waals surface area contributed by atoms with Crippen LogP contribution in [0.3, 0.4) is 0 Å². The topological polar surface area (TPSA) is 77.4 Å². The molecule has 7 heteroatoms. The lowest BCUT2D eigenvalue weighted by Crippen LogP contribution is -2.19. The van der Waals surface area contributed by atoms with Gasteiger partial charge in [0.2, 0.25) is 0 Å². The Morgan fingerprint density at radius 2 is 1.74 bits per heavy atom. The first-order chi connectivity index (χ1) is 16.6. The summed E-state index contributed by atoms with van der Waals surface area (Å²) in [6.07, 6.45) is 20.5. The molecule has 1 unspecified atom stereocenters. The molecule has 0 aromatic rings. The number of aliphatic hydroxyl groups is 1. The average molecular weight is 508 g/mol. The van der Waals surface area contributed by atoms with Crippen LogP contribution < -0.4 is 0 Å². The van der Waals surface area contributed by atoms with Gasteiger partial charge in [0.05, 0.1) is 26.0 Å². The maximum absolute atomic E-state index is 11.8. The molecule has 0 saturated heterocycles. The third-order valence-corrected chi connectivity index (χ3v) is 7.17. The summed E-state index contributed by atoms with van der Waals surface area (Å²) in [5, 5.41) is 12.6. The van der Waals surface area contributed by atoms with Crippen LogP contribution in [-0.2, 0) is 18.5 Å². The van der Waals surface area contributed by atoms with Gasteiger partial charge in [-0.1, -0.05) is 60.5 Å². The fourth-order valence-electron chi connectivity index (χ4n) is 3.85. The van der Waals surface area contributed by atoms with Crippen molar-refractivity contribution in [3.05, 3.63) is 58.7 Å². The number of aliphatic hydroxyl groups excluding tert-OH is 1. The highest BCUT2D eigenvalue weighted by Crippen LogP contribution is 2.43. The van der Waals surface area contributed by atoms with E-state index in [4.69, 9.17) is 19.0 Å². The Morgan fingerprint density at radius 1 is 1.06 bits per heavy atom. The zero-order valence-corrected chi connectivity index (χ0v) is 23.5. The maximum atomic E-state index is 11.8. The van der Waals surface area contributed by atoms with E-state index in [1.165, 1.54) is 42.6 Å². The third-order valence-electron chi connectivity index (χ3n) is 5.87. The lowest BCUT2D eigenvalue weighted by Gasteiger charge is -2.32. The molecule has 1 rings (SSSR count). The van der Waals surface area contributed by atoms with Gasteiger partial charge in [0, 0.05) is 6.66 Å². The van der Waals surface area contributed by atoms with Crippen molar-refractivity contribution in [3.8, 4) is 0 Å². The van der Waals surface area contributed by atoms with E-state index in [-0.39, 0.29) is 18.6 Å². The minimum absolute atomic E-state index is 0.0218. The Balaban J connectivity index is 2.28. The number of hydrogen-bond donors (Lipinski definition) is 1. The summed E-state index contributed by atoms with van der Waals surface area (Å²) in [7, 11) is -3.06. The zero-order valence-electron chi connectivity index (χ0n) is 22.6. The first-order valence-corrected chi connectivity index (χ1v) is 14.6. The molecule has 198 valence electrons. The molecule has 0 spiro atoms. The van der Waals surface area contributed by atoms with E-state index >= 15 is 0 Å². The molecule has 0 bridgehead atoms. The van der Waals surface area contributed by atoms with Gasteiger partial charge in [-0.25, -0.2) is 0 Å². The van der Waals surface area contributed by atoms with Gasteiger partial charge in [-0.2, -0.15) is 0 Å². The number of oxime groups is 1. The summed E-state index contributed by atoms with van der Waals surface area (Å²) in [6, 6.07) is 0. The summed E-state index contributed by atoms with van der Waals surface area (Å²) in [6.45, 7) is 13.2. The van der Waals surface area contributed by atoms with Gasteiger partial charge in [-0.3, -0.25) is 4.57 Å². The lowest BCUT2D eigenvalue weighted by molar-refractivity contribution is 0.137. The summed E-state index contributed by atoms with van der Waals surface area (Å²) in [5.74, 6) is 0. The van der Waals surface area contributed by atoms with E-state index in [9.17, 15) is 4.57 Å². The van der Waals surface area contributed by atoms with Crippen molar-refractivity contribution in [2.75, 3.05) is 33.1 Å². The summed E-state index contributed by atoms with van der Waals surface area (Å²) >= 11 is 0. The van der Waals surface area contributed by atoms with E-state index in [2.05, 4.69) is 63.2 Å². The zero-order chi connectivity index (χ0) is 26.2. The fourth-order valence-corrected chi connectivity index (χ4v) is 4.80. The summed E-state index contributed by atoms with van der Waals surface area (Å²) < 4.78 is 22.0. The lowest BCUT2D eigenvalue weighted by atomic mass is 9.72. The van der Waals surface area contributed by atoms with Crippen LogP contribution in [0.25, 0.3) is 0 Å². The first kappa shape index (κ1) is 31.3. The number of unbranched alkanes of at least 4 members (excludes halogenated alkanes) is 2. The minimum atomic E-state index is -3.06. The Labute approximate surface area is 213 Å². The monoisotopic (exact) mass is 507 g/mol. The summed E-state index contributed by atoms with van der Waals surface area (Å²) in [5.41, 5.74) is 5.57. The van der Waals surface area contributed by atoms with Crippen LogP contribution in [0, 0.1) is 5.41 Å². The highest BCUT2D eigenvalue weighted by molar-refractivity contribution is 7.52. The molecule has 0 saturated carbocycles. The molecular formula is C28H46NO5P. The van der Waals surface area contributed by atoms with E-state index in [0.717, 1.165) is 24.8 Å². The number of rotatable bonds is 16. The molecule has 1 aliphatic rings. The van der Waals surface area contributed by atoms with Gasteiger partial charge in [0.25, 0.3) is 0 Å². The average Bonchev–Trinajstić information content (AvgIpc) is 2.78. The van der Waals surface area contributed by atoms with Crippen LogP contribution in [0.1, 0.15) is 73.1 Å². The van der Waals surface area contributed by atoms with Gasteiger partial charge in [0.1, 0.15) is 6.61 Å². The van der Waals surface area contributed by atoms with E-state index in [0.29, 0.717) is 13.2 Å². The molecule has 0 aliphatic heterocycles. The Kier molecular flexibility index (Phi) is 15.1. The smallest absolute Gasteiger partial charge is 0.327 e. The van der Waals surface area contributed by atoms with E-state index < -0.39 is 7.60 Å². The maximum Gasteiger partial charge on any atom is 0.327 e. The van der Waals surface area contributed by atoms with Crippen LogP contribution in [-0.4, -0.2) is 44.4 Å². The molecule has 1 atom stereocenters. The van der Waals surface area contributed by atoms with Crippen LogP contribution in [0.4, 0.5) is 0 Å². The van der Waals surface area contributed by atoms with Gasteiger partial charge >= 0.3 is 7.60 Å². The van der Waals surface area contributed by atoms with Crippen LogP contribution in [0.5, 0.6) is 0 Å². The van der Waals surface area contributed by atoms with Crippen molar-refractivity contribution < 1.29 is 23.6 Å². The highest BCUT2D eigenvalue weighted by Gasteiger charge is 2.26. The molecule has 0 fully saturated rings. The highest BCUT2D eigenvalue weighted by atomic mass is 31.2. The van der Waals surface area contributed by atoms with Crippen molar-refractivity contribution in [2.24, 2.45) is 10.6 Å². The second-order valence-electron chi connectivity index (χ2n) is 9.76. The summed E-state index contributed by atoms with van der Waals surface area (Å²) in [4.78, 5) is 5.27. The van der Waals surface area contributed by atoms with Gasteiger partial charge in [-0.15, -0.1) is 0 Å². The molecule has 1 aliphatic carbocycles. The standard InChI is InChI=1S/C28H46NO5P/c1-24(15-16-27-26(3)14-11-18-28(27,4)5)12-10-13-25(2)17-19-29-32-21-8-7-9-22-33-35(6,31)34-23-20-30/h10,12-13,15-17,19,30H,7-9,11,14,18,20-23H2,1-6H3. The van der Waals surface area contributed by atoms with Gasteiger partial charge < -0.3 is 19.0 Å². The molecule has 6 nitrogen and oxygen atoms in total. The normalized spacial score (nSPS) is 19.3. The van der Waals surface area contributed by atoms with Crippen LogP contribution in [0.2, 0.25) is 0 Å². The van der Waals surface area contributed by atoms with E-state index in [1.54, 1.807) is 6.21 Å². The molecule has 35 heavy (non-hydrogen) atoms. The number of nitrogens with zero attached hydrogens (tertiary/aromatic N) is 1. The molecule has 0 aromatic carbocycles. The van der Waals surface area contributed by atoms with Crippen molar-refractivity contribution in [3.63, 3.8) is 0 Å². The van der Waals surface area contributed by atoms with Crippen LogP contribution in [0.15, 0.2) is 63.9 Å². The Morgan fingerprint density at radius 3 is 2.46 bits per heavy atom. The van der Waals surface area contributed by atoms with Crippen molar-refractivity contribution in [1.82, 2.24) is 0 Å². The predicted octanol–water partition coefficient (Wildman–Crippen LogP) is 7.54. The van der Waals surface area contributed by atoms with Crippen LogP contribution >= 0.6 is 7.60 Å². The predicted molar refractivity (Wildman–Crippen MR) is 147 cm³/mol. The Hall–Kier alpha value is -1.72. The fraction of sp³-hybridized carbons (Fsp3) is 0.607. The molecule has 1 N–H and O–H groups in total. The van der Waals surface area contributed by atoms with Crippen molar-refractivity contribution in [1.29, 1.82) is 0 Å². The Bertz CT molecular complexity index is 865. The molecular weight excluding hydrogens is 461 g/mol. The molecule has 0 heterocycles. The molecule has 0 amide bonds. The van der Waals surface area contributed by atoms with Gasteiger partial charge in [-0.05, 0) is 81.9 Å². The second kappa shape index (κ2) is 16.9. The third kappa shape index (κ3) is 14.4. The first-order valence-electron chi connectivity index (χ1n) is 12.6. The molecule has 0 radical (unpaired) electrons. The second-order valence-corrected chi connectivity index (χ2v) is 11.8. The van der Waals surface area contributed by atoms with Crippen molar-refractivity contribution >= 4 is 13.8 Å². The SMILES string of the molecule is CC(C=CC1=C(C)CCCC1(C)C)=CC=CC(C)=CC=NOCCCCCOP(C)(=O)OCCO.